The Morgan fingerprint density at radius 1 is 1.03 bits per heavy atom. The monoisotopic (exact) mass is 423 g/mol. The van der Waals surface area contributed by atoms with Crippen LogP contribution in [0.15, 0.2) is 63.8 Å². The van der Waals surface area contributed by atoms with Gasteiger partial charge in [-0.15, -0.1) is 0 Å². The van der Waals surface area contributed by atoms with Gasteiger partial charge < -0.3 is 19.2 Å². The predicted molar refractivity (Wildman–Crippen MR) is 116 cm³/mol. The van der Waals surface area contributed by atoms with E-state index in [1.54, 1.807) is 12.1 Å². The van der Waals surface area contributed by atoms with Gasteiger partial charge in [-0.05, 0) is 42.7 Å². The second kappa shape index (κ2) is 10.4. The van der Waals surface area contributed by atoms with Gasteiger partial charge in [-0.2, -0.15) is 0 Å². The second-order valence-electron chi connectivity index (χ2n) is 7.49. The number of benzene rings is 2. The molecule has 0 atom stereocenters. The molecule has 7 nitrogen and oxygen atoms in total. The summed E-state index contributed by atoms with van der Waals surface area (Å²) in [6.45, 7) is 4.78. The van der Waals surface area contributed by atoms with Crippen molar-refractivity contribution in [2.24, 2.45) is 5.92 Å². The number of rotatable bonds is 9. The van der Waals surface area contributed by atoms with E-state index in [-0.39, 0.29) is 29.2 Å². The molecule has 7 heteroatoms. The van der Waals surface area contributed by atoms with E-state index in [0.29, 0.717) is 25.0 Å². The zero-order valence-corrected chi connectivity index (χ0v) is 17.6. The van der Waals surface area contributed by atoms with E-state index in [1.807, 2.05) is 44.2 Å². The first-order valence-corrected chi connectivity index (χ1v) is 10.2. The van der Waals surface area contributed by atoms with Gasteiger partial charge in [0.2, 0.25) is 0 Å². The molecule has 31 heavy (non-hydrogen) atoms. The number of carbonyl (C=O) groups excluding carboxylic acids is 2. The third kappa shape index (κ3) is 6.44. The Labute approximate surface area is 180 Å². The van der Waals surface area contributed by atoms with Crippen LogP contribution >= 0.6 is 0 Å². The molecule has 1 heterocycles. The second-order valence-corrected chi connectivity index (χ2v) is 7.49. The minimum Gasteiger partial charge on any atom is -0.494 e. The summed E-state index contributed by atoms with van der Waals surface area (Å²) in [6.07, 6.45) is 0.690. The van der Waals surface area contributed by atoms with Crippen LogP contribution in [-0.2, 0) is 4.79 Å². The normalized spacial score (nSPS) is 10.8. The van der Waals surface area contributed by atoms with Gasteiger partial charge in [-0.1, -0.05) is 32.0 Å². The van der Waals surface area contributed by atoms with Crippen LogP contribution in [0.2, 0.25) is 0 Å². The van der Waals surface area contributed by atoms with Crippen molar-refractivity contribution in [2.75, 3.05) is 13.2 Å². The minimum absolute atomic E-state index is 0.0590. The van der Waals surface area contributed by atoms with Crippen LogP contribution in [0.5, 0.6) is 11.5 Å². The zero-order valence-electron chi connectivity index (χ0n) is 17.6. The maximum absolute atomic E-state index is 12.2. The van der Waals surface area contributed by atoms with Gasteiger partial charge in [0.05, 0.1) is 6.61 Å². The number of hydrogen-bond acceptors (Lipinski definition) is 6. The van der Waals surface area contributed by atoms with Gasteiger partial charge in [0.15, 0.2) is 0 Å². The topological polar surface area (TPSA) is 94.8 Å². The van der Waals surface area contributed by atoms with Crippen molar-refractivity contribution in [3.05, 3.63) is 70.6 Å². The Morgan fingerprint density at radius 2 is 1.81 bits per heavy atom. The van der Waals surface area contributed by atoms with E-state index in [2.05, 4.69) is 5.32 Å². The largest absolute Gasteiger partial charge is 0.494 e. The number of esters is 1. The molecular weight excluding hydrogens is 398 g/mol. The fourth-order valence-electron chi connectivity index (χ4n) is 2.81. The summed E-state index contributed by atoms with van der Waals surface area (Å²) in [7, 11) is 0. The zero-order chi connectivity index (χ0) is 22.2. The Morgan fingerprint density at radius 3 is 2.55 bits per heavy atom. The van der Waals surface area contributed by atoms with Crippen molar-refractivity contribution in [3.63, 3.8) is 0 Å². The molecule has 0 saturated heterocycles. The highest BCUT2D eigenvalue weighted by Crippen LogP contribution is 2.21. The van der Waals surface area contributed by atoms with Crippen LogP contribution in [0.1, 0.15) is 37.0 Å². The molecule has 0 spiro atoms. The van der Waals surface area contributed by atoms with Crippen molar-refractivity contribution in [1.29, 1.82) is 0 Å². The number of nitrogens with one attached hydrogen (secondary N) is 1. The van der Waals surface area contributed by atoms with E-state index >= 15 is 0 Å². The van der Waals surface area contributed by atoms with Crippen LogP contribution in [0.4, 0.5) is 0 Å². The highest BCUT2D eigenvalue weighted by molar-refractivity contribution is 5.96. The van der Waals surface area contributed by atoms with Crippen LogP contribution in [0, 0.1) is 5.92 Å². The highest BCUT2D eigenvalue weighted by Gasteiger charge is 2.15. The number of carbonyl (C=O) groups is 2. The molecule has 0 bridgehead atoms. The third-order valence-electron chi connectivity index (χ3n) is 4.39. The SMILES string of the molecule is CC(C)CNC(=O)c1cc2ccc(OC(=O)CCCOc3ccccc3)cc2oc1=O. The Bertz CT molecular complexity index is 1100. The Hall–Kier alpha value is -3.61. The molecule has 0 aliphatic carbocycles. The maximum Gasteiger partial charge on any atom is 0.349 e. The van der Waals surface area contributed by atoms with Crippen LogP contribution < -0.4 is 20.4 Å². The first-order chi connectivity index (χ1) is 14.9. The summed E-state index contributed by atoms with van der Waals surface area (Å²) in [5, 5.41) is 3.26. The predicted octanol–water partition coefficient (Wildman–Crippen LogP) is 3.94. The molecule has 0 radical (unpaired) electrons. The van der Waals surface area contributed by atoms with Crippen molar-refractivity contribution >= 4 is 22.8 Å². The average molecular weight is 423 g/mol. The molecule has 162 valence electrons. The fourth-order valence-corrected chi connectivity index (χ4v) is 2.81. The van der Waals surface area contributed by atoms with Gasteiger partial charge in [0.1, 0.15) is 22.6 Å². The number of hydrogen-bond donors (Lipinski definition) is 1. The van der Waals surface area contributed by atoms with E-state index in [1.165, 1.54) is 12.1 Å². The smallest absolute Gasteiger partial charge is 0.349 e. The quantitative estimate of drug-likeness (QED) is 0.242. The lowest BCUT2D eigenvalue weighted by Crippen LogP contribution is -2.31. The Kier molecular flexibility index (Phi) is 7.43. The van der Waals surface area contributed by atoms with Gasteiger partial charge in [0.25, 0.3) is 5.91 Å². The maximum atomic E-state index is 12.2. The molecular formula is C24H25NO6. The molecule has 0 saturated carbocycles. The fraction of sp³-hybridized carbons (Fsp3) is 0.292. The first kappa shape index (κ1) is 22.1. The van der Waals surface area contributed by atoms with Crippen molar-refractivity contribution in [3.8, 4) is 11.5 Å². The van der Waals surface area contributed by atoms with Crippen LogP contribution in [-0.4, -0.2) is 25.0 Å². The van der Waals surface area contributed by atoms with Crippen molar-refractivity contribution in [2.45, 2.75) is 26.7 Å². The highest BCUT2D eigenvalue weighted by atomic mass is 16.5. The summed E-state index contributed by atoms with van der Waals surface area (Å²) < 4.78 is 16.1. The van der Waals surface area contributed by atoms with E-state index in [9.17, 15) is 14.4 Å². The molecule has 1 N–H and O–H groups in total. The van der Waals surface area contributed by atoms with Gasteiger partial charge in [-0.3, -0.25) is 9.59 Å². The Balaban J connectivity index is 1.57. The average Bonchev–Trinajstić information content (AvgIpc) is 2.75. The lowest BCUT2D eigenvalue weighted by atomic mass is 10.1. The molecule has 3 rings (SSSR count). The van der Waals surface area contributed by atoms with E-state index in [4.69, 9.17) is 13.9 Å². The van der Waals surface area contributed by atoms with Crippen molar-refractivity contribution < 1.29 is 23.5 Å². The summed E-state index contributed by atoms with van der Waals surface area (Å²) in [6, 6.07) is 15.5. The molecule has 3 aromatic rings. The standard InChI is InChI=1S/C24H25NO6/c1-16(2)15-25-23(27)20-13-17-10-11-19(14-21(17)31-24(20)28)30-22(26)9-6-12-29-18-7-4-3-5-8-18/h3-5,7-8,10-11,13-14,16H,6,9,12,15H2,1-2H3,(H,25,27). The third-order valence-corrected chi connectivity index (χ3v) is 4.39. The molecule has 1 amide bonds. The minimum atomic E-state index is -0.740. The lowest BCUT2D eigenvalue weighted by molar-refractivity contribution is -0.134. The summed E-state index contributed by atoms with van der Waals surface area (Å²) in [5.74, 6) is 0.388. The number of para-hydroxylation sites is 1. The summed E-state index contributed by atoms with van der Waals surface area (Å²) >= 11 is 0. The molecule has 2 aromatic carbocycles. The van der Waals surface area contributed by atoms with Crippen LogP contribution in [0.3, 0.4) is 0 Å². The first-order valence-electron chi connectivity index (χ1n) is 10.2. The van der Waals surface area contributed by atoms with Gasteiger partial charge in [0, 0.05) is 24.4 Å². The number of ether oxygens (including phenoxy) is 2. The van der Waals surface area contributed by atoms with Crippen LogP contribution in [0.25, 0.3) is 11.0 Å². The molecule has 0 aliphatic rings. The molecule has 0 aliphatic heterocycles. The summed E-state index contributed by atoms with van der Waals surface area (Å²) in [4.78, 5) is 36.5. The summed E-state index contributed by atoms with van der Waals surface area (Å²) in [5.41, 5.74) is -0.560. The van der Waals surface area contributed by atoms with Gasteiger partial charge >= 0.3 is 11.6 Å². The molecule has 0 unspecified atom stereocenters. The lowest BCUT2D eigenvalue weighted by Gasteiger charge is -2.08. The van der Waals surface area contributed by atoms with Gasteiger partial charge in [-0.25, -0.2) is 4.79 Å². The number of fused-ring (bicyclic) bond motifs is 1. The number of amides is 1. The molecule has 0 fully saturated rings. The molecule has 1 aromatic heterocycles. The van der Waals surface area contributed by atoms with E-state index < -0.39 is 17.5 Å². The van der Waals surface area contributed by atoms with E-state index in [0.717, 1.165) is 5.75 Å². The van der Waals surface area contributed by atoms with Crippen molar-refractivity contribution in [1.82, 2.24) is 5.32 Å².